The number of aryl methyl sites for hydroxylation is 2. The van der Waals surface area contributed by atoms with E-state index in [9.17, 15) is 18.0 Å². The van der Waals surface area contributed by atoms with Gasteiger partial charge >= 0.3 is 0 Å². The van der Waals surface area contributed by atoms with Crippen LogP contribution in [-0.4, -0.2) is 46.7 Å². The Hall–Kier alpha value is -5.16. The number of hydrogen-bond acceptors (Lipinski definition) is 7. The van der Waals surface area contributed by atoms with E-state index < -0.39 is 22.5 Å². The molecule has 0 bridgehead atoms. The quantitative estimate of drug-likeness (QED) is 0.171. The molecule has 0 aliphatic carbocycles. The lowest BCUT2D eigenvalue weighted by Gasteiger charge is -2.26. The Bertz CT molecular complexity index is 1740. The Labute approximate surface area is 257 Å². The van der Waals surface area contributed by atoms with Gasteiger partial charge in [0.25, 0.3) is 21.8 Å². The molecule has 0 heterocycles. The third-order valence-corrected chi connectivity index (χ3v) is 8.54. The van der Waals surface area contributed by atoms with Crippen LogP contribution in [0.3, 0.4) is 0 Å². The number of rotatable bonds is 12. The number of anilines is 2. The van der Waals surface area contributed by atoms with Crippen molar-refractivity contribution in [3.63, 3.8) is 0 Å². The highest BCUT2D eigenvalue weighted by Crippen LogP contribution is 2.28. The van der Waals surface area contributed by atoms with E-state index in [-0.39, 0.29) is 17.4 Å². The van der Waals surface area contributed by atoms with Crippen LogP contribution in [0.4, 0.5) is 11.4 Å². The lowest BCUT2D eigenvalue weighted by Crippen LogP contribution is -2.40. The van der Waals surface area contributed by atoms with E-state index in [0.717, 1.165) is 21.0 Å². The van der Waals surface area contributed by atoms with Crippen molar-refractivity contribution in [1.29, 1.82) is 0 Å². The van der Waals surface area contributed by atoms with Gasteiger partial charge in [0.05, 0.1) is 23.9 Å². The Morgan fingerprint density at radius 2 is 1.50 bits per heavy atom. The smallest absolute Gasteiger partial charge is 0.264 e. The number of carbonyl (C=O) groups is 2. The van der Waals surface area contributed by atoms with Crippen molar-refractivity contribution in [3.8, 4) is 11.5 Å². The molecule has 0 atom stereocenters. The second kappa shape index (κ2) is 14.3. The van der Waals surface area contributed by atoms with Crippen LogP contribution in [0.1, 0.15) is 22.3 Å². The van der Waals surface area contributed by atoms with Gasteiger partial charge in [-0.1, -0.05) is 29.8 Å². The number of methoxy groups -OCH3 is 1. The molecule has 44 heavy (non-hydrogen) atoms. The highest BCUT2D eigenvalue weighted by molar-refractivity contribution is 7.92. The van der Waals surface area contributed by atoms with E-state index in [1.807, 2.05) is 26.8 Å². The molecule has 0 saturated heterocycles. The zero-order chi connectivity index (χ0) is 31.7. The van der Waals surface area contributed by atoms with Crippen LogP contribution in [0, 0.1) is 20.8 Å². The second-order valence-electron chi connectivity index (χ2n) is 9.97. The monoisotopic (exact) mass is 614 g/mol. The topological polar surface area (TPSA) is 126 Å². The van der Waals surface area contributed by atoms with Gasteiger partial charge < -0.3 is 14.8 Å². The predicted molar refractivity (Wildman–Crippen MR) is 171 cm³/mol. The molecule has 4 aromatic rings. The average Bonchev–Trinajstić information content (AvgIpc) is 3.01. The number of ether oxygens (including phenoxy) is 2. The van der Waals surface area contributed by atoms with Gasteiger partial charge in [-0.05, 0) is 104 Å². The maximum Gasteiger partial charge on any atom is 0.264 e. The highest BCUT2D eigenvalue weighted by Gasteiger charge is 2.28. The molecule has 0 saturated carbocycles. The van der Waals surface area contributed by atoms with Crippen LogP contribution in [0.2, 0.25) is 0 Å². The molecule has 0 aliphatic rings. The van der Waals surface area contributed by atoms with E-state index in [2.05, 4.69) is 15.8 Å². The zero-order valence-electron chi connectivity index (χ0n) is 24.9. The van der Waals surface area contributed by atoms with E-state index >= 15 is 0 Å². The summed E-state index contributed by atoms with van der Waals surface area (Å²) in [5.41, 5.74) is 6.67. The molecular weight excluding hydrogens is 580 g/mol. The summed E-state index contributed by atoms with van der Waals surface area (Å²) in [7, 11) is -2.48. The van der Waals surface area contributed by atoms with Gasteiger partial charge in [-0.15, -0.1) is 0 Å². The van der Waals surface area contributed by atoms with Crippen LogP contribution < -0.4 is 24.5 Å². The number of sulfonamides is 1. The van der Waals surface area contributed by atoms with Gasteiger partial charge in [0.15, 0.2) is 6.61 Å². The molecule has 4 rings (SSSR count). The van der Waals surface area contributed by atoms with Gasteiger partial charge in [-0.3, -0.25) is 13.9 Å². The maximum atomic E-state index is 13.6. The van der Waals surface area contributed by atoms with E-state index in [4.69, 9.17) is 9.47 Å². The minimum absolute atomic E-state index is 0.0841. The summed E-state index contributed by atoms with van der Waals surface area (Å²) >= 11 is 0. The molecular formula is C33H34N4O6S. The first-order chi connectivity index (χ1) is 21.1. The SMILES string of the molecule is COc1ccc(NC(=O)COc2ccc(/C=N\NC(=O)CN(c3cccc(C)c3C)S(=O)(=O)c3ccc(C)cc3)cc2)cc1. The van der Waals surface area contributed by atoms with E-state index in [0.29, 0.717) is 28.4 Å². The minimum atomic E-state index is -4.05. The average molecular weight is 615 g/mol. The Morgan fingerprint density at radius 3 is 2.16 bits per heavy atom. The molecule has 2 amide bonds. The van der Waals surface area contributed by atoms with Crippen LogP contribution in [0.25, 0.3) is 0 Å². The van der Waals surface area contributed by atoms with Crippen molar-refractivity contribution in [2.75, 3.05) is 29.9 Å². The zero-order valence-corrected chi connectivity index (χ0v) is 25.7. The summed E-state index contributed by atoms with van der Waals surface area (Å²) in [6.45, 7) is 4.92. The molecule has 10 nitrogen and oxygen atoms in total. The molecule has 0 aliphatic heterocycles. The van der Waals surface area contributed by atoms with Crippen molar-refractivity contribution in [3.05, 3.63) is 113 Å². The fraction of sp³-hybridized carbons (Fsp3) is 0.182. The molecule has 228 valence electrons. The molecule has 2 N–H and O–H groups in total. The van der Waals surface area contributed by atoms with Crippen molar-refractivity contribution in [1.82, 2.24) is 5.43 Å². The Kier molecular flexibility index (Phi) is 10.4. The summed E-state index contributed by atoms with van der Waals surface area (Å²) in [5.74, 6) is 0.234. The van der Waals surface area contributed by atoms with Gasteiger partial charge in [0.1, 0.15) is 18.0 Å². The summed E-state index contributed by atoms with van der Waals surface area (Å²) in [5, 5.41) is 6.74. The van der Waals surface area contributed by atoms with Crippen molar-refractivity contribution in [2.24, 2.45) is 5.10 Å². The van der Waals surface area contributed by atoms with Crippen LogP contribution >= 0.6 is 0 Å². The third-order valence-electron chi connectivity index (χ3n) is 6.77. The largest absolute Gasteiger partial charge is 0.497 e. The number of carbonyl (C=O) groups excluding carboxylic acids is 2. The fourth-order valence-electron chi connectivity index (χ4n) is 4.16. The summed E-state index contributed by atoms with van der Waals surface area (Å²) in [4.78, 5) is 25.2. The number of amides is 2. The van der Waals surface area contributed by atoms with E-state index in [1.165, 1.54) is 18.3 Å². The van der Waals surface area contributed by atoms with Gasteiger partial charge in [-0.2, -0.15) is 5.10 Å². The number of hydrazone groups is 1. The summed E-state index contributed by atoms with van der Waals surface area (Å²) < 4.78 is 39.0. The first kappa shape index (κ1) is 31.8. The van der Waals surface area contributed by atoms with Crippen LogP contribution in [-0.2, 0) is 19.6 Å². The lowest BCUT2D eigenvalue weighted by atomic mass is 10.1. The summed E-state index contributed by atoms with van der Waals surface area (Å²) in [6.07, 6.45) is 1.43. The first-order valence-corrected chi connectivity index (χ1v) is 15.1. The second-order valence-corrected chi connectivity index (χ2v) is 11.8. The summed E-state index contributed by atoms with van der Waals surface area (Å²) in [6, 6.07) is 25.5. The standard InChI is InChI=1S/C33H34N4O6S/c1-23-8-18-30(19-9-23)44(40,41)37(31-7-5-6-24(2)25(31)3)21-32(38)36-34-20-26-10-14-29(15-11-26)43-22-33(39)35-27-12-16-28(42-4)17-13-27/h5-20H,21-22H2,1-4H3,(H,35,39)(H,36,38)/b34-20-. The number of benzene rings is 4. The van der Waals surface area contributed by atoms with Crippen LogP contribution in [0.5, 0.6) is 11.5 Å². The van der Waals surface area contributed by atoms with Gasteiger partial charge in [-0.25, -0.2) is 13.8 Å². The third kappa shape index (κ3) is 8.23. The van der Waals surface area contributed by atoms with Crippen molar-refractivity contribution >= 4 is 39.4 Å². The number of hydrogen-bond donors (Lipinski definition) is 2. The minimum Gasteiger partial charge on any atom is -0.497 e. The number of nitrogens with zero attached hydrogens (tertiary/aromatic N) is 2. The van der Waals surface area contributed by atoms with Gasteiger partial charge in [0.2, 0.25) is 0 Å². The fourth-order valence-corrected chi connectivity index (χ4v) is 5.64. The first-order valence-electron chi connectivity index (χ1n) is 13.7. The normalized spacial score (nSPS) is 11.2. The maximum absolute atomic E-state index is 13.6. The molecule has 0 unspecified atom stereocenters. The molecule has 0 radical (unpaired) electrons. The lowest BCUT2D eigenvalue weighted by molar-refractivity contribution is -0.119. The van der Waals surface area contributed by atoms with Crippen LogP contribution in [0.15, 0.2) is 101 Å². The number of nitrogens with one attached hydrogen (secondary N) is 2. The Balaban J connectivity index is 1.36. The van der Waals surface area contributed by atoms with Crippen molar-refractivity contribution in [2.45, 2.75) is 25.7 Å². The Morgan fingerprint density at radius 1 is 0.841 bits per heavy atom. The molecule has 0 fully saturated rings. The van der Waals surface area contributed by atoms with Crippen molar-refractivity contribution < 1.29 is 27.5 Å². The highest BCUT2D eigenvalue weighted by atomic mass is 32.2. The molecule has 11 heteroatoms. The predicted octanol–water partition coefficient (Wildman–Crippen LogP) is 4.98. The molecule has 4 aromatic carbocycles. The molecule has 0 spiro atoms. The van der Waals surface area contributed by atoms with Gasteiger partial charge in [0, 0.05) is 5.69 Å². The molecule has 0 aromatic heterocycles. The van der Waals surface area contributed by atoms with E-state index in [1.54, 1.807) is 79.9 Å².